The van der Waals surface area contributed by atoms with E-state index in [1.165, 1.54) is 38.5 Å². The highest BCUT2D eigenvalue weighted by Gasteiger charge is 2.23. The van der Waals surface area contributed by atoms with Gasteiger partial charge in [0.25, 0.3) is 0 Å². The summed E-state index contributed by atoms with van der Waals surface area (Å²) < 4.78 is 5.13. The van der Waals surface area contributed by atoms with Gasteiger partial charge in [0.05, 0.1) is 17.3 Å². The second kappa shape index (κ2) is 11.0. The molecule has 0 amide bonds. The van der Waals surface area contributed by atoms with E-state index in [9.17, 15) is 0 Å². The number of aromatic nitrogens is 2. The number of hydrogen-bond donors (Lipinski definition) is 2. The molecular formula is C24H32Cl2N4O. The van der Waals surface area contributed by atoms with Gasteiger partial charge in [0.15, 0.2) is 5.15 Å². The Kier molecular flexibility index (Phi) is 8.05. The van der Waals surface area contributed by atoms with Crippen LogP contribution in [-0.4, -0.2) is 42.8 Å². The number of anilines is 1. The minimum Gasteiger partial charge on any atom is -0.383 e. The molecule has 5 nitrogen and oxygen atoms in total. The largest absolute Gasteiger partial charge is 0.383 e. The molecule has 2 heterocycles. The molecule has 0 radical (unpaired) electrons. The molecule has 0 atom stereocenters. The van der Waals surface area contributed by atoms with Crippen molar-refractivity contribution in [1.82, 2.24) is 15.3 Å². The van der Waals surface area contributed by atoms with Crippen LogP contribution in [0.25, 0.3) is 11.1 Å². The quantitative estimate of drug-likeness (QED) is 0.354. The molecule has 2 saturated carbocycles. The number of pyridine rings is 2. The van der Waals surface area contributed by atoms with Crippen molar-refractivity contribution >= 4 is 28.9 Å². The van der Waals surface area contributed by atoms with Gasteiger partial charge in [-0.15, -0.1) is 0 Å². The van der Waals surface area contributed by atoms with Gasteiger partial charge in [-0.3, -0.25) is 4.98 Å². The van der Waals surface area contributed by atoms with E-state index in [-0.39, 0.29) is 0 Å². The Balaban J connectivity index is 1.39. The Morgan fingerprint density at radius 1 is 1.00 bits per heavy atom. The molecule has 0 bridgehead atoms. The Labute approximate surface area is 195 Å². The van der Waals surface area contributed by atoms with Crippen molar-refractivity contribution in [3.05, 3.63) is 40.4 Å². The molecule has 0 spiro atoms. The lowest BCUT2D eigenvalue weighted by Gasteiger charge is -2.29. The fourth-order valence-corrected chi connectivity index (χ4v) is 4.72. The maximum absolute atomic E-state index is 6.52. The highest BCUT2D eigenvalue weighted by atomic mass is 35.5. The second-order valence-electron chi connectivity index (χ2n) is 8.91. The van der Waals surface area contributed by atoms with Crippen LogP contribution in [0.15, 0.2) is 24.5 Å². The number of hydrogen-bond acceptors (Lipinski definition) is 5. The minimum absolute atomic E-state index is 0.505. The van der Waals surface area contributed by atoms with Crippen molar-refractivity contribution in [3.8, 4) is 11.1 Å². The van der Waals surface area contributed by atoms with Gasteiger partial charge in [-0.25, -0.2) is 4.98 Å². The van der Waals surface area contributed by atoms with Crippen molar-refractivity contribution in [2.45, 2.75) is 51.0 Å². The lowest BCUT2D eigenvalue weighted by Crippen LogP contribution is -2.35. The summed E-state index contributed by atoms with van der Waals surface area (Å²) in [6.07, 6.45) is 12.0. The second-order valence-corrected chi connectivity index (χ2v) is 9.68. The molecule has 0 saturated heterocycles. The summed E-state index contributed by atoms with van der Waals surface area (Å²) in [7, 11) is 1.75. The van der Waals surface area contributed by atoms with Gasteiger partial charge in [-0.1, -0.05) is 23.2 Å². The molecule has 2 aliphatic rings. The molecule has 31 heavy (non-hydrogen) atoms. The maximum atomic E-state index is 6.52. The summed E-state index contributed by atoms with van der Waals surface area (Å²) in [6, 6.07) is 4.79. The zero-order chi connectivity index (χ0) is 21.6. The standard InChI is InChI=1S/C24H32Cl2N4O/c1-31-9-8-27-19-6-4-16(5-7-19)10-20-12-21(22(25)15-28-20)18-11-23(24(26)30-14-18)29-13-17-2-3-17/h11-12,14-17,19,27,29H,2-10,13H2,1H3. The predicted molar refractivity (Wildman–Crippen MR) is 128 cm³/mol. The van der Waals surface area contributed by atoms with Crippen LogP contribution in [0.4, 0.5) is 5.69 Å². The van der Waals surface area contributed by atoms with Gasteiger partial charge >= 0.3 is 0 Å². The lowest BCUT2D eigenvalue weighted by atomic mass is 9.83. The summed E-state index contributed by atoms with van der Waals surface area (Å²) in [5, 5.41) is 8.19. The Bertz CT molecular complexity index is 867. The SMILES string of the molecule is COCCNC1CCC(Cc2cc(-c3cnc(Cl)c(NCC4CC4)c3)c(Cl)cn2)CC1. The number of rotatable bonds is 10. The summed E-state index contributed by atoms with van der Waals surface area (Å²) in [6.45, 7) is 2.65. The van der Waals surface area contributed by atoms with Crippen molar-refractivity contribution in [2.75, 3.05) is 32.1 Å². The van der Waals surface area contributed by atoms with E-state index in [1.807, 2.05) is 0 Å². The molecule has 2 aromatic heterocycles. The predicted octanol–water partition coefficient (Wildman–Crippen LogP) is 5.61. The molecule has 2 aromatic rings. The maximum Gasteiger partial charge on any atom is 0.152 e. The smallest absolute Gasteiger partial charge is 0.152 e. The van der Waals surface area contributed by atoms with Crippen molar-refractivity contribution in [3.63, 3.8) is 0 Å². The number of halogens is 2. The summed E-state index contributed by atoms with van der Waals surface area (Å²) in [4.78, 5) is 9.01. The first-order valence-electron chi connectivity index (χ1n) is 11.4. The highest BCUT2D eigenvalue weighted by Crippen LogP contribution is 2.34. The average Bonchev–Trinajstić information content (AvgIpc) is 3.61. The van der Waals surface area contributed by atoms with Crippen LogP contribution >= 0.6 is 23.2 Å². The molecular weight excluding hydrogens is 431 g/mol. The van der Waals surface area contributed by atoms with Crippen LogP contribution in [0.3, 0.4) is 0 Å². The minimum atomic E-state index is 0.505. The van der Waals surface area contributed by atoms with Crippen LogP contribution in [0.2, 0.25) is 10.2 Å². The van der Waals surface area contributed by atoms with E-state index < -0.39 is 0 Å². The summed E-state index contributed by atoms with van der Waals surface area (Å²) >= 11 is 12.8. The third-order valence-corrected chi connectivity index (χ3v) is 7.03. The third-order valence-electron chi connectivity index (χ3n) is 6.42. The van der Waals surface area contributed by atoms with E-state index in [0.717, 1.165) is 54.5 Å². The number of nitrogens with zero attached hydrogens (tertiary/aromatic N) is 2. The van der Waals surface area contributed by atoms with Crippen LogP contribution in [0.1, 0.15) is 44.2 Å². The summed E-state index contributed by atoms with van der Waals surface area (Å²) in [5.74, 6) is 1.43. The van der Waals surface area contributed by atoms with E-state index >= 15 is 0 Å². The Morgan fingerprint density at radius 2 is 1.77 bits per heavy atom. The number of ether oxygens (including phenoxy) is 1. The summed E-state index contributed by atoms with van der Waals surface area (Å²) in [5.41, 5.74) is 3.92. The van der Waals surface area contributed by atoms with Crippen molar-refractivity contribution < 1.29 is 4.74 Å². The van der Waals surface area contributed by atoms with E-state index in [0.29, 0.717) is 22.1 Å². The van der Waals surface area contributed by atoms with Gasteiger partial charge in [0.1, 0.15) is 0 Å². The van der Waals surface area contributed by atoms with Gasteiger partial charge in [-0.2, -0.15) is 0 Å². The highest BCUT2D eigenvalue weighted by molar-refractivity contribution is 6.33. The topological polar surface area (TPSA) is 59.1 Å². The molecule has 0 unspecified atom stereocenters. The van der Waals surface area contributed by atoms with Crippen LogP contribution < -0.4 is 10.6 Å². The van der Waals surface area contributed by atoms with Gasteiger partial charge in [-0.05, 0) is 68.9 Å². The molecule has 4 rings (SSSR count). The van der Waals surface area contributed by atoms with E-state index in [1.54, 1.807) is 19.5 Å². The fraction of sp³-hybridized carbons (Fsp3) is 0.583. The molecule has 168 valence electrons. The van der Waals surface area contributed by atoms with Crippen LogP contribution in [-0.2, 0) is 11.2 Å². The monoisotopic (exact) mass is 462 g/mol. The van der Waals surface area contributed by atoms with Crippen LogP contribution in [0, 0.1) is 11.8 Å². The van der Waals surface area contributed by atoms with Crippen molar-refractivity contribution in [2.24, 2.45) is 11.8 Å². The van der Waals surface area contributed by atoms with Crippen LogP contribution in [0.5, 0.6) is 0 Å². The Morgan fingerprint density at radius 3 is 2.52 bits per heavy atom. The van der Waals surface area contributed by atoms with Gasteiger partial charge in [0, 0.05) is 55.5 Å². The zero-order valence-electron chi connectivity index (χ0n) is 18.2. The van der Waals surface area contributed by atoms with Gasteiger partial charge in [0.2, 0.25) is 0 Å². The lowest BCUT2D eigenvalue weighted by molar-refractivity contribution is 0.188. The average molecular weight is 463 g/mol. The van der Waals surface area contributed by atoms with E-state index in [2.05, 4.69) is 32.7 Å². The molecule has 2 N–H and O–H groups in total. The molecule has 0 aromatic carbocycles. The van der Waals surface area contributed by atoms with Gasteiger partial charge < -0.3 is 15.4 Å². The van der Waals surface area contributed by atoms with E-state index in [4.69, 9.17) is 27.9 Å². The first-order chi connectivity index (χ1) is 15.1. The molecule has 7 heteroatoms. The first kappa shape index (κ1) is 22.8. The molecule has 0 aliphatic heterocycles. The first-order valence-corrected chi connectivity index (χ1v) is 12.1. The normalized spacial score (nSPS) is 21.3. The third kappa shape index (κ3) is 6.55. The number of methoxy groups -OCH3 is 1. The molecule has 2 aliphatic carbocycles. The Hall–Kier alpha value is -1.40. The fourth-order valence-electron chi connectivity index (χ4n) is 4.34. The zero-order valence-corrected chi connectivity index (χ0v) is 19.7. The molecule has 2 fully saturated rings. The number of nitrogens with one attached hydrogen (secondary N) is 2. The van der Waals surface area contributed by atoms with Crippen molar-refractivity contribution in [1.29, 1.82) is 0 Å².